The number of hydrogen-bond acceptors (Lipinski definition) is 3. The zero-order valence-corrected chi connectivity index (χ0v) is 18.1. The molecule has 0 radical (unpaired) electrons. The Morgan fingerprint density at radius 2 is 1.92 bits per heavy atom. The molecule has 2 rings (SSSR count). The Kier molecular flexibility index (Phi) is 5.95. The topological polar surface area (TPSA) is 40.5 Å². The second-order valence-corrected chi connectivity index (χ2v) is 13.0. The first-order chi connectivity index (χ1) is 12.0. The zero-order chi connectivity index (χ0) is 19.7. The van der Waals surface area contributed by atoms with Crippen LogP contribution in [0.4, 0.5) is 0 Å². The molecule has 0 bridgehead atoms. The molecule has 2 aromatic rings. The van der Waals surface area contributed by atoms with Gasteiger partial charge in [-0.1, -0.05) is 45.0 Å². The highest BCUT2D eigenvalue weighted by Crippen LogP contribution is 2.42. The van der Waals surface area contributed by atoms with Crippen LogP contribution in [0.3, 0.4) is 0 Å². The van der Waals surface area contributed by atoms with E-state index in [0.29, 0.717) is 12.3 Å². The van der Waals surface area contributed by atoms with Crippen molar-refractivity contribution in [1.29, 1.82) is 0 Å². The fourth-order valence-corrected chi connectivity index (χ4v) is 4.16. The van der Waals surface area contributed by atoms with Gasteiger partial charge in [-0.25, -0.2) is 0 Å². The van der Waals surface area contributed by atoms with Gasteiger partial charge in [-0.3, -0.25) is 4.79 Å². The van der Waals surface area contributed by atoms with Gasteiger partial charge in [0, 0.05) is 18.1 Å². The molecule has 0 aliphatic rings. The average molecular weight is 374 g/mol. The van der Waals surface area contributed by atoms with Crippen LogP contribution in [0, 0.1) is 0 Å². The number of carbonyl (C=O) groups excluding carboxylic acids is 1. The number of Topliss-reactive ketones (excluding diaryl/α,β-unsaturated/α-hetero) is 1. The summed E-state index contributed by atoms with van der Waals surface area (Å²) >= 11 is 0. The number of rotatable bonds is 7. The van der Waals surface area contributed by atoms with Crippen molar-refractivity contribution in [3.63, 3.8) is 0 Å². The summed E-state index contributed by atoms with van der Waals surface area (Å²) in [5.41, 5.74) is 2.50. The normalized spacial score (nSPS) is 13.8. The van der Waals surface area contributed by atoms with Crippen molar-refractivity contribution < 1.29 is 14.0 Å². The van der Waals surface area contributed by atoms with Gasteiger partial charge in [0.05, 0.1) is 11.2 Å². The van der Waals surface area contributed by atoms with E-state index in [-0.39, 0.29) is 16.9 Å². The summed E-state index contributed by atoms with van der Waals surface area (Å²) in [6.45, 7) is 17.0. The van der Waals surface area contributed by atoms with Crippen LogP contribution in [-0.2, 0) is 15.9 Å². The molecule has 4 nitrogen and oxygen atoms in total. The number of hydrogen-bond donors (Lipinski definition) is 0. The standard InChI is InChI=1S/C21H31NO3Si/c1-9-18(25-26(7,8)21(3,4)5)20-19(15(2)23)16-12-10-11-13-17(16)22(20)14-24-6/h9-13,18H,1,14H2,2-8H3. The quantitative estimate of drug-likeness (QED) is 0.355. The van der Waals surface area contributed by atoms with Gasteiger partial charge in [-0.2, -0.15) is 0 Å². The Morgan fingerprint density at radius 1 is 1.31 bits per heavy atom. The van der Waals surface area contributed by atoms with Crippen LogP contribution in [0.1, 0.15) is 49.9 Å². The van der Waals surface area contributed by atoms with Gasteiger partial charge in [0.2, 0.25) is 0 Å². The largest absolute Gasteiger partial charge is 0.405 e. The third-order valence-electron chi connectivity index (χ3n) is 5.33. The van der Waals surface area contributed by atoms with Crippen LogP contribution < -0.4 is 0 Å². The van der Waals surface area contributed by atoms with Crippen LogP contribution in [0.15, 0.2) is 36.9 Å². The molecule has 0 fully saturated rings. The van der Waals surface area contributed by atoms with Crippen molar-refractivity contribution >= 4 is 25.0 Å². The van der Waals surface area contributed by atoms with E-state index in [1.807, 2.05) is 28.8 Å². The Morgan fingerprint density at radius 3 is 2.42 bits per heavy atom. The van der Waals surface area contributed by atoms with E-state index in [1.165, 1.54) is 0 Å². The van der Waals surface area contributed by atoms with E-state index in [1.54, 1.807) is 20.1 Å². The van der Waals surface area contributed by atoms with Crippen molar-refractivity contribution in [2.24, 2.45) is 0 Å². The molecule has 26 heavy (non-hydrogen) atoms. The van der Waals surface area contributed by atoms with E-state index >= 15 is 0 Å². The lowest BCUT2D eigenvalue weighted by molar-refractivity contribution is 0.100. The first kappa shape index (κ1) is 20.6. The highest BCUT2D eigenvalue weighted by atomic mass is 28.4. The summed E-state index contributed by atoms with van der Waals surface area (Å²) in [7, 11) is -0.405. The van der Waals surface area contributed by atoms with Crippen molar-refractivity contribution in [2.75, 3.05) is 7.11 Å². The Hall–Kier alpha value is -1.69. The lowest BCUT2D eigenvalue weighted by atomic mass is 10.0. The van der Waals surface area contributed by atoms with Crippen molar-refractivity contribution in [3.05, 3.63) is 48.2 Å². The van der Waals surface area contributed by atoms with E-state index < -0.39 is 8.32 Å². The molecule has 5 heteroatoms. The lowest BCUT2D eigenvalue weighted by Crippen LogP contribution is -2.42. The number of aromatic nitrogens is 1. The Labute approximate surface area is 157 Å². The van der Waals surface area contributed by atoms with E-state index in [0.717, 1.165) is 16.6 Å². The molecular formula is C21H31NO3Si. The Bertz CT molecular complexity index is 815. The minimum Gasteiger partial charge on any atom is -0.405 e. The SMILES string of the molecule is C=CC(O[Si](C)(C)C(C)(C)C)c1c(C(C)=O)c2ccccc2n1COC. The highest BCUT2D eigenvalue weighted by Gasteiger charge is 2.40. The predicted octanol–water partition coefficient (Wildman–Crippen LogP) is 5.70. The van der Waals surface area contributed by atoms with Crippen LogP contribution >= 0.6 is 0 Å². The maximum atomic E-state index is 12.5. The van der Waals surface area contributed by atoms with Crippen molar-refractivity contribution in [2.45, 2.75) is 58.7 Å². The molecule has 1 aromatic heterocycles. The summed E-state index contributed by atoms with van der Waals surface area (Å²) in [5.74, 6) is 0.0248. The van der Waals surface area contributed by atoms with Gasteiger partial charge >= 0.3 is 0 Å². The van der Waals surface area contributed by atoms with Crippen LogP contribution in [-0.4, -0.2) is 25.8 Å². The van der Waals surface area contributed by atoms with Crippen LogP contribution in [0.5, 0.6) is 0 Å². The smallest absolute Gasteiger partial charge is 0.193 e. The summed E-state index contributed by atoms with van der Waals surface area (Å²) < 4.78 is 14.1. The number of ketones is 1. The zero-order valence-electron chi connectivity index (χ0n) is 17.1. The van der Waals surface area contributed by atoms with E-state index in [9.17, 15) is 4.79 Å². The summed E-state index contributed by atoms with van der Waals surface area (Å²) in [6.07, 6.45) is 1.44. The molecule has 0 amide bonds. The summed E-state index contributed by atoms with van der Waals surface area (Å²) in [4.78, 5) is 12.5. The molecular weight excluding hydrogens is 342 g/mol. The predicted molar refractivity (Wildman–Crippen MR) is 110 cm³/mol. The summed E-state index contributed by atoms with van der Waals surface area (Å²) in [5, 5.41) is 0.987. The molecule has 0 spiro atoms. The number of ether oxygens (including phenoxy) is 1. The average Bonchev–Trinajstić information content (AvgIpc) is 2.87. The van der Waals surface area contributed by atoms with Crippen LogP contribution in [0.2, 0.25) is 18.1 Å². The molecule has 0 aliphatic heterocycles. The van der Waals surface area contributed by atoms with Gasteiger partial charge in [0.1, 0.15) is 12.8 Å². The first-order valence-electron chi connectivity index (χ1n) is 8.96. The van der Waals surface area contributed by atoms with Crippen molar-refractivity contribution in [3.8, 4) is 0 Å². The number of para-hydroxylation sites is 1. The molecule has 1 unspecified atom stereocenters. The maximum Gasteiger partial charge on any atom is 0.193 e. The Balaban J connectivity index is 2.72. The number of methoxy groups -OCH3 is 1. The fourth-order valence-electron chi connectivity index (χ4n) is 2.97. The van der Waals surface area contributed by atoms with Gasteiger partial charge in [0.25, 0.3) is 0 Å². The first-order valence-corrected chi connectivity index (χ1v) is 11.9. The maximum absolute atomic E-state index is 12.5. The molecule has 1 atom stereocenters. The van der Waals surface area contributed by atoms with E-state index in [4.69, 9.17) is 9.16 Å². The molecule has 142 valence electrons. The highest BCUT2D eigenvalue weighted by molar-refractivity contribution is 6.74. The van der Waals surface area contributed by atoms with Crippen LogP contribution in [0.25, 0.3) is 10.9 Å². The molecule has 1 heterocycles. The number of carbonyl (C=O) groups is 1. The monoisotopic (exact) mass is 373 g/mol. The van der Waals surface area contributed by atoms with Gasteiger partial charge in [0.15, 0.2) is 14.1 Å². The fraction of sp³-hybridized carbons (Fsp3) is 0.476. The lowest BCUT2D eigenvalue weighted by Gasteiger charge is -2.39. The summed E-state index contributed by atoms with van der Waals surface area (Å²) in [6, 6.07) is 7.91. The van der Waals surface area contributed by atoms with Gasteiger partial charge in [-0.15, -0.1) is 6.58 Å². The second kappa shape index (κ2) is 7.51. The molecule has 0 saturated carbocycles. The minimum absolute atomic E-state index is 0.0248. The molecule has 0 saturated heterocycles. The van der Waals surface area contributed by atoms with Crippen molar-refractivity contribution in [1.82, 2.24) is 4.57 Å². The number of fused-ring (bicyclic) bond motifs is 1. The number of benzene rings is 1. The second-order valence-electron chi connectivity index (χ2n) is 8.21. The van der Waals surface area contributed by atoms with Gasteiger partial charge in [-0.05, 0) is 31.1 Å². The number of nitrogens with zero attached hydrogens (tertiary/aromatic N) is 1. The molecule has 0 aliphatic carbocycles. The molecule has 0 N–H and O–H groups in total. The third-order valence-corrected chi connectivity index (χ3v) is 9.79. The van der Waals surface area contributed by atoms with E-state index in [2.05, 4.69) is 40.4 Å². The third kappa shape index (κ3) is 3.70. The minimum atomic E-state index is -2.06. The molecule has 1 aromatic carbocycles. The van der Waals surface area contributed by atoms with Gasteiger partial charge < -0.3 is 13.7 Å².